The molecule has 0 bridgehead atoms. The van der Waals surface area contributed by atoms with Gasteiger partial charge in [0.15, 0.2) is 6.10 Å². The van der Waals surface area contributed by atoms with E-state index in [1.165, 1.54) is 6.07 Å². The van der Waals surface area contributed by atoms with Crippen LogP contribution in [0.3, 0.4) is 0 Å². The monoisotopic (exact) mass is 626 g/mol. The largest absolute Gasteiger partial charge is 0.462 e. The maximum Gasteiger partial charge on any atom is 0.418 e. The number of aliphatic hydroxyl groups is 1. The van der Waals surface area contributed by atoms with Crippen molar-refractivity contribution in [3.05, 3.63) is 70.8 Å². The molecule has 4 rings (SSSR count). The molecule has 200 valence electrons. The summed E-state index contributed by atoms with van der Waals surface area (Å²) in [5.74, 6) is -0.456. The molecule has 37 heavy (non-hydrogen) atoms. The van der Waals surface area contributed by atoms with Crippen LogP contribution in [0.5, 0.6) is 0 Å². The van der Waals surface area contributed by atoms with Crippen LogP contribution < -0.4 is 0 Å². The molecule has 1 aliphatic carbocycles. The number of halogens is 4. The third-order valence-corrected chi connectivity index (χ3v) is 7.29. The number of rotatable bonds is 4. The van der Waals surface area contributed by atoms with Crippen molar-refractivity contribution in [2.75, 3.05) is 11.5 Å². The topological polar surface area (TPSA) is 46.5 Å². The lowest BCUT2D eigenvalue weighted by atomic mass is 9.62. The molecule has 0 radical (unpaired) electrons. The van der Waals surface area contributed by atoms with Crippen LogP contribution in [0.15, 0.2) is 48.5 Å². The molecule has 0 spiro atoms. The lowest BCUT2D eigenvalue weighted by molar-refractivity contribution is -0.206. The number of aliphatic hydroxyl groups excluding tert-OH is 1. The Kier molecular flexibility index (Phi) is 8.69. The average molecular weight is 626 g/mol. The Morgan fingerprint density at radius 2 is 1.49 bits per heavy atom. The van der Waals surface area contributed by atoms with Gasteiger partial charge < -0.3 is 9.84 Å². The van der Waals surface area contributed by atoms with E-state index in [2.05, 4.69) is 50.3 Å². The third kappa shape index (κ3) is 5.98. The highest BCUT2D eigenvalue weighted by Gasteiger charge is 2.42. The molecule has 1 aliphatic rings. The first-order valence-corrected chi connectivity index (χ1v) is 14.4. The summed E-state index contributed by atoms with van der Waals surface area (Å²) in [6.45, 7) is 10.5. The Labute approximate surface area is 230 Å². The van der Waals surface area contributed by atoms with Gasteiger partial charge in [-0.05, 0) is 104 Å². The van der Waals surface area contributed by atoms with Gasteiger partial charge >= 0.3 is 12.1 Å². The molecule has 1 unspecified atom stereocenters. The van der Waals surface area contributed by atoms with Crippen LogP contribution in [0.4, 0.5) is 13.2 Å². The Hall–Kier alpha value is -2.13. The first kappa shape index (κ1) is 29.4. The molecule has 0 fully saturated rings. The van der Waals surface area contributed by atoms with Crippen molar-refractivity contribution in [3.63, 3.8) is 0 Å². The van der Waals surface area contributed by atoms with Crippen molar-refractivity contribution in [3.8, 4) is 11.1 Å². The van der Waals surface area contributed by atoms with E-state index < -0.39 is 18.2 Å². The summed E-state index contributed by atoms with van der Waals surface area (Å²) in [6, 6.07) is 13.7. The quantitative estimate of drug-likeness (QED) is 0.179. The second-order valence-electron chi connectivity index (χ2n) is 10.7. The van der Waals surface area contributed by atoms with Gasteiger partial charge in [-0.1, -0.05) is 68.5 Å². The summed E-state index contributed by atoms with van der Waals surface area (Å²) in [4.78, 5) is 14.0. The van der Waals surface area contributed by atoms with Gasteiger partial charge in [0.25, 0.3) is 0 Å². The van der Waals surface area contributed by atoms with Crippen LogP contribution in [0.25, 0.3) is 21.9 Å². The predicted molar refractivity (Wildman–Crippen MR) is 152 cm³/mol. The fourth-order valence-corrected chi connectivity index (χ4v) is 5.04. The van der Waals surface area contributed by atoms with E-state index in [4.69, 9.17) is 4.74 Å². The van der Waals surface area contributed by atoms with Crippen molar-refractivity contribution in [1.82, 2.24) is 0 Å². The van der Waals surface area contributed by atoms with Gasteiger partial charge in [0.1, 0.15) is 0 Å². The van der Waals surface area contributed by atoms with Crippen LogP contribution >= 0.6 is 22.6 Å². The zero-order chi connectivity index (χ0) is 27.8. The Balaban J connectivity index is 0.00000186. The maximum atomic E-state index is 13.7. The second kappa shape index (κ2) is 10.9. The maximum absolute atomic E-state index is 13.7. The van der Waals surface area contributed by atoms with Crippen molar-refractivity contribution >= 4 is 39.3 Å². The standard InChI is InChI=1S/C29H31F3O3.CH3I/c1-6-35-26(34)18-9-7-17(8-10-18)19-13-20-15-23-24(28(4,5)12-11-27(23,2)3)16-21(20)22(14-19)25(33)29(30,31)32;1-2/h7-10,13-16,25,33H,6,11-12H2,1-5H3;1H3. The van der Waals surface area contributed by atoms with Gasteiger partial charge in [0.05, 0.1) is 12.2 Å². The number of carbonyl (C=O) groups is 1. The van der Waals surface area contributed by atoms with E-state index in [1.807, 2.05) is 23.1 Å². The number of fused-ring (bicyclic) bond motifs is 2. The zero-order valence-electron chi connectivity index (χ0n) is 22.1. The number of benzene rings is 3. The van der Waals surface area contributed by atoms with Crippen molar-refractivity contribution < 1.29 is 27.8 Å². The van der Waals surface area contributed by atoms with E-state index in [0.29, 0.717) is 27.5 Å². The molecule has 0 aromatic heterocycles. The highest BCUT2D eigenvalue weighted by atomic mass is 127. The SMILES string of the molecule is CCOC(=O)c1ccc(-c2cc(C(O)C(F)(F)F)c3cc4c(cc3c2)C(C)(C)CCC4(C)C)cc1.CI. The first-order chi connectivity index (χ1) is 17.2. The zero-order valence-corrected chi connectivity index (χ0v) is 24.3. The lowest BCUT2D eigenvalue weighted by Gasteiger charge is -2.42. The number of alkyl halides is 4. The number of hydrogen-bond donors (Lipinski definition) is 1. The van der Waals surface area contributed by atoms with Gasteiger partial charge in [-0.15, -0.1) is 0 Å². The summed E-state index contributed by atoms with van der Waals surface area (Å²) >= 11 is 2.15. The van der Waals surface area contributed by atoms with Gasteiger partial charge in [-0.25, -0.2) is 4.79 Å². The predicted octanol–water partition coefficient (Wildman–Crippen LogP) is 8.68. The summed E-state index contributed by atoms with van der Waals surface area (Å²) < 4.78 is 46.2. The fourth-order valence-electron chi connectivity index (χ4n) is 5.04. The van der Waals surface area contributed by atoms with Crippen LogP contribution in [-0.2, 0) is 15.6 Å². The second-order valence-corrected chi connectivity index (χ2v) is 10.7. The van der Waals surface area contributed by atoms with Crippen LogP contribution in [0.1, 0.15) is 80.6 Å². The highest BCUT2D eigenvalue weighted by Crippen LogP contribution is 2.48. The molecule has 7 heteroatoms. The highest BCUT2D eigenvalue weighted by molar-refractivity contribution is 14.1. The molecule has 0 saturated carbocycles. The molecule has 3 aromatic rings. The summed E-state index contributed by atoms with van der Waals surface area (Å²) in [5.41, 5.74) is 3.26. The number of carbonyl (C=O) groups excluding carboxylic acids is 1. The molecule has 0 aliphatic heterocycles. The number of hydrogen-bond acceptors (Lipinski definition) is 3. The Morgan fingerprint density at radius 1 is 0.946 bits per heavy atom. The molecule has 3 aromatic carbocycles. The minimum Gasteiger partial charge on any atom is -0.462 e. The minimum atomic E-state index is -4.80. The molecule has 3 nitrogen and oxygen atoms in total. The molecular weight excluding hydrogens is 592 g/mol. The fraction of sp³-hybridized carbons (Fsp3) is 0.433. The minimum absolute atomic E-state index is 0.112. The summed E-state index contributed by atoms with van der Waals surface area (Å²) in [7, 11) is 0. The lowest BCUT2D eigenvalue weighted by Crippen LogP contribution is -2.33. The molecular formula is C30H34F3IO3. The van der Waals surface area contributed by atoms with Crippen LogP contribution in [0, 0.1) is 0 Å². The molecule has 0 heterocycles. The van der Waals surface area contributed by atoms with Crippen molar-refractivity contribution in [2.45, 2.75) is 70.6 Å². The molecule has 0 saturated heterocycles. The Morgan fingerprint density at radius 3 is 2.00 bits per heavy atom. The summed E-state index contributed by atoms with van der Waals surface area (Å²) in [5, 5.41) is 11.4. The Bertz CT molecular complexity index is 1280. The van der Waals surface area contributed by atoms with Crippen LogP contribution in [-0.4, -0.2) is 28.8 Å². The summed E-state index contributed by atoms with van der Waals surface area (Å²) in [6.07, 6.45) is -5.50. The number of ether oxygens (including phenoxy) is 1. The first-order valence-electron chi connectivity index (χ1n) is 12.3. The molecule has 1 N–H and O–H groups in total. The van der Waals surface area contributed by atoms with E-state index in [1.54, 1.807) is 31.2 Å². The van der Waals surface area contributed by atoms with Crippen LogP contribution in [0.2, 0.25) is 0 Å². The molecule has 1 atom stereocenters. The van der Waals surface area contributed by atoms with Crippen molar-refractivity contribution in [2.24, 2.45) is 0 Å². The van der Waals surface area contributed by atoms with E-state index >= 15 is 0 Å². The van der Waals surface area contributed by atoms with Gasteiger partial charge in [-0.3, -0.25) is 0 Å². The van der Waals surface area contributed by atoms with E-state index in [-0.39, 0.29) is 23.0 Å². The van der Waals surface area contributed by atoms with Crippen molar-refractivity contribution in [1.29, 1.82) is 0 Å². The normalized spacial score (nSPS) is 16.8. The van der Waals surface area contributed by atoms with E-state index in [9.17, 15) is 23.1 Å². The third-order valence-electron chi connectivity index (χ3n) is 7.29. The average Bonchev–Trinajstić information content (AvgIpc) is 2.86. The van der Waals surface area contributed by atoms with E-state index in [0.717, 1.165) is 24.0 Å². The van der Waals surface area contributed by atoms with Gasteiger partial charge in [0, 0.05) is 0 Å². The van der Waals surface area contributed by atoms with Gasteiger partial charge in [-0.2, -0.15) is 13.2 Å². The van der Waals surface area contributed by atoms with Gasteiger partial charge in [0.2, 0.25) is 0 Å². The number of esters is 1. The molecule has 0 amide bonds. The smallest absolute Gasteiger partial charge is 0.418 e.